The van der Waals surface area contributed by atoms with Crippen molar-refractivity contribution in [1.29, 1.82) is 0 Å². The van der Waals surface area contributed by atoms with E-state index >= 15 is 0 Å². The van der Waals surface area contributed by atoms with Crippen molar-refractivity contribution >= 4 is 0 Å². The average molecular weight is 226 g/mol. The summed E-state index contributed by atoms with van der Waals surface area (Å²) in [7, 11) is 0. The summed E-state index contributed by atoms with van der Waals surface area (Å²) in [5.74, 6) is 1.33. The van der Waals surface area contributed by atoms with Gasteiger partial charge in [0.2, 0.25) is 0 Å². The van der Waals surface area contributed by atoms with Gasteiger partial charge in [0.25, 0.3) is 0 Å². The molecule has 17 heavy (non-hydrogen) atoms. The van der Waals surface area contributed by atoms with Crippen LogP contribution in [0.3, 0.4) is 0 Å². The van der Waals surface area contributed by atoms with E-state index in [1.165, 1.54) is 5.56 Å². The molecule has 0 unspecified atom stereocenters. The summed E-state index contributed by atoms with van der Waals surface area (Å²) in [6.07, 6.45) is 0.986. The van der Waals surface area contributed by atoms with Crippen LogP contribution >= 0.6 is 0 Å². The SMILES string of the molecule is Cc1cc(-c2cccc3c2OCC3)ccc1O. The highest BCUT2D eigenvalue weighted by Gasteiger charge is 2.16. The second-order valence-electron chi connectivity index (χ2n) is 4.39. The molecule has 1 aliphatic heterocycles. The van der Waals surface area contributed by atoms with Crippen molar-refractivity contribution in [3.8, 4) is 22.6 Å². The molecule has 0 spiro atoms. The van der Waals surface area contributed by atoms with Crippen LogP contribution in [0.4, 0.5) is 0 Å². The van der Waals surface area contributed by atoms with Gasteiger partial charge >= 0.3 is 0 Å². The molecule has 2 nitrogen and oxygen atoms in total. The van der Waals surface area contributed by atoms with Crippen molar-refractivity contribution in [1.82, 2.24) is 0 Å². The number of para-hydroxylation sites is 1. The van der Waals surface area contributed by atoms with E-state index in [4.69, 9.17) is 4.74 Å². The van der Waals surface area contributed by atoms with E-state index in [1.54, 1.807) is 6.07 Å². The molecule has 1 heterocycles. The molecule has 2 aromatic rings. The topological polar surface area (TPSA) is 29.5 Å². The number of aromatic hydroxyl groups is 1. The standard InChI is InChI=1S/C15H14O2/c1-10-9-12(5-6-14(10)16)13-4-2-3-11-7-8-17-15(11)13/h2-6,9,16H,7-8H2,1H3. The Morgan fingerprint density at radius 1 is 1.18 bits per heavy atom. The number of fused-ring (bicyclic) bond motifs is 1. The Morgan fingerprint density at radius 3 is 2.88 bits per heavy atom. The maximum atomic E-state index is 9.55. The third-order valence-electron chi connectivity index (χ3n) is 3.22. The van der Waals surface area contributed by atoms with Crippen LogP contribution in [0.15, 0.2) is 36.4 Å². The van der Waals surface area contributed by atoms with Gasteiger partial charge in [-0.15, -0.1) is 0 Å². The van der Waals surface area contributed by atoms with Gasteiger partial charge in [-0.25, -0.2) is 0 Å². The van der Waals surface area contributed by atoms with Gasteiger partial charge in [-0.1, -0.05) is 24.3 Å². The third-order valence-corrected chi connectivity index (χ3v) is 3.22. The highest BCUT2D eigenvalue weighted by Crippen LogP contribution is 2.37. The van der Waals surface area contributed by atoms with Crippen LogP contribution in [0.25, 0.3) is 11.1 Å². The molecule has 1 N–H and O–H groups in total. The zero-order chi connectivity index (χ0) is 11.8. The molecule has 0 bridgehead atoms. The number of phenolic OH excluding ortho intramolecular Hbond substituents is 1. The first-order valence-electron chi connectivity index (χ1n) is 5.80. The summed E-state index contributed by atoms with van der Waals surface area (Å²) in [6, 6.07) is 11.9. The smallest absolute Gasteiger partial charge is 0.130 e. The van der Waals surface area contributed by atoms with Crippen molar-refractivity contribution in [2.45, 2.75) is 13.3 Å². The summed E-state index contributed by atoms with van der Waals surface area (Å²) in [6.45, 7) is 2.67. The van der Waals surface area contributed by atoms with Gasteiger partial charge in [0, 0.05) is 12.0 Å². The Balaban J connectivity index is 2.15. The molecule has 86 valence electrons. The van der Waals surface area contributed by atoms with Crippen molar-refractivity contribution in [3.05, 3.63) is 47.5 Å². The minimum Gasteiger partial charge on any atom is -0.508 e. The number of phenols is 1. The Morgan fingerprint density at radius 2 is 2.06 bits per heavy atom. The Kier molecular flexibility index (Phi) is 2.29. The van der Waals surface area contributed by atoms with E-state index in [9.17, 15) is 5.11 Å². The number of hydrogen-bond acceptors (Lipinski definition) is 2. The van der Waals surface area contributed by atoms with Crippen LogP contribution in [0.5, 0.6) is 11.5 Å². The second-order valence-corrected chi connectivity index (χ2v) is 4.39. The molecule has 2 heteroatoms. The van der Waals surface area contributed by atoms with Crippen LogP contribution in [-0.2, 0) is 6.42 Å². The molecule has 0 saturated carbocycles. The Hall–Kier alpha value is -1.96. The lowest BCUT2D eigenvalue weighted by atomic mass is 9.99. The van der Waals surface area contributed by atoms with Crippen molar-refractivity contribution < 1.29 is 9.84 Å². The summed E-state index contributed by atoms with van der Waals surface area (Å²) < 4.78 is 5.69. The highest BCUT2D eigenvalue weighted by atomic mass is 16.5. The minimum absolute atomic E-state index is 0.335. The summed E-state index contributed by atoms with van der Waals surface area (Å²) in [5, 5.41) is 9.55. The molecule has 0 saturated heterocycles. The lowest BCUT2D eigenvalue weighted by Gasteiger charge is -2.09. The fraction of sp³-hybridized carbons (Fsp3) is 0.200. The van der Waals surface area contributed by atoms with E-state index in [0.717, 1.165) is 35.5 Å². The van der Waals surface area contributed by atoms with Crippen molar-refractivity contribution in [2.75, 3.05) is 6.61 Å². The zero-order valence-electron chi connectivity index (χ0n) is 9.73. The highest BCUT2D eigenvalue weighted by molar-refractivity contribution is 5.74. The molecular formula is C15H14O2. The average Bonchev–Trinajstić information content (AvgIpc) is 2.80. The Bertz CT molecular complexity index is 573. The normalized spacial score (nSPS) is 13.2. The summed E-state index contributed by atoms with van der Waals surface area (Å²) >= 11 is 0. The molecule has 2 aromatic carbocycles. The molecule has 0 radical (unpaired) electrons. The van der Waals surface area contributed by atoms with Crippen LogP contribution in [0, 0.1) is 6.92 Å². The second kappa shape index (κ2) is 3.81. The number of ether oxygens (including phenoxy) is 1. The van der Waals surface area contributed by atoms with Gasteiger partial charge in [-0.2, -0.15) is 0 Å². The van der Waals surface area contributed by atoms with E-state index in [0.29, 0.717) is 5.75 Å². The van der Waals surface area contributed by atoms with Crippen LogP contribution in [0.2, 0.25) is 0 Å². The fourth-order valence-electron chi connectivity index (χ4n) is 2.27. The molecule has 0 fully saturated rings. The lowest BCUT2D eigenvalue weighted by Crippen LogP contribution is -1.89. The molecule has 0 amide bonds. The van der Waals surface area contributed by atoms with Gasteiger partial charge in [0.1, 0.15) is 11.5 Å². The first kappa shape index (κ1) is 10.2. The third kappa shape index (κ3) is 1.66. The molecule has 3 rings (SSSR count). The molecule has 0 aliphatic carbocycles. The maximum Gasteiger partial charge on any atom is 0.130 e. The Labute approximate surface area is 100 Å². The number of aryl methyl sites for hydroxylation is 1. The number of rotatable bonds is 1. The first-order chi connectivity index (χ1) is 8.25. The monoisotopic (exact) mass is 226 g/mol. The zero-order valence-corrected chi connectivity index (χ0v) is 9.73. The van der Waals surface area contributed by atoms with Crippen molar-refractivity contribution in [3.63, 3.8) is 0 Å². The number of hydrogen-bond donors (Lipinski definition) is 1. The molecule has 0 aromatic heterocycles. The van der Waals surface area contributed by atoms with Gasteiger partial charge < -0.3 is 9.84 Å². The maximum absolute atomic E-state index is 9.55. The fourth-order valence-corrected chi connectivity index (χ4v) is 2.27. The largest absolute Gasteiger partial charge is 0.508 e. The lowest BCUT2D eigenvalue weighted by molar-refractivity contribution is 0.358. The summed E-state index contributed by atoms with van der Waals surface area (Å²) in [4.78, 5) is 0. The van der Waals surface area contributed by atoms with Crippen LogP contribution in [-0.4, -0.2) is 11.7 Å². The van der Waals surface area contributed by atoms with E-state index in [1.807, 2.05) is 19.1 Å². The predicted octanol–water partition coefficient (Wildman–Crippen LogP) is 3.30. The van der Waals surface area contributed by atoms with Gasteiger partial charge in [0.05, 0.1) is 6.61 Å². The van der Waals surface area contributed by atoms with Gasteiger partial charge in [-0.3, -0.25) is 0 Å². The van der Waals surface area contributed by atoms with Crippen LogP contribution < -0.4 is 4.74 Å². The minimum atomic E-state index is 0.335. The quantitative estimate of drug-likeness (QED) is 0.808. The molecule has 1 aliphatic rings. The number of benzene rings is 2. The van der Waals surface area contributed by atoms with E-state index in [2.05, 4.69) is 18.2 Å². The van der Waals surface area contributed by atoms with Gasteiger partial charge in [0.15, 0.2) is 0 Å². The summed E-state index contributed by atoms with van der Waals surface area (Å²) in [5.41, 5.74) is 4.37. The molecular weight excluding hydrogens is 212 g/mol. The van der Waals surface area contributed by atoms with E-state index in [-0.39, 0.29) is 0 Å². The van der Waals surface area contributed by atoms with E-state index < -0.39 is 0 Å². The van der Waals surface area contributed by atoms with Gasteiger partial charge in [-0.05, 0) is 35.7 Å². The predicted molar refractivity (Wildman–Crippen MR) is 67.5 cm³/mol. The molecule has 0 atom stereocenters. The van der Waals surface area contributed by atoms with Crippen LogP contribution in [0.1, 0.15) is 11.1 Å². The van der Waals surface area contributed by atoms with Crippen molar-refractivity contribution in [2.24, 2.45) is 0 Å². The first-order valence-corrected chi connectivity index (χ1v) is 5.80.